The van der Waals surface area contributed by atoms with Gasteiger partial charge in [-0.2, -0.15) is 13.2 Å². The summed E-state index contributed by atoms with van der Waals surface area (Å²) in [5.74, 6) is -2.66. The number of halogens is 10. The van der Waals surface area contributed by atoms with Crippen LogP contribution in [0.3, 0.4) is 0 Å². The van der Waals surface area contributed by atoms with Crippen LogP contribution in [-0.4, -0.2) is 168 Å². The monoisotopic (exact) mass is 1780 g/mol. The standard InChI is InChI=1S/C25H24Cl2N4O2.C23H20Cl2N4O2.C21H14Cl2F3N3O2.C19H13ClN6O/c1-2-30-11-13-31(14-12-30)25(33)17-6-8-19(22(27)15-17)24(32)29-18-7-9-21(26)20(16-18)23-5-3-4-10-28-23;24-19-7-5-16(14-18(19)21-3-1-2-8-27-21)28-22(30)17-6-4-15(13-20(17)25)23(31)29-11-9-26-10-12-29;22-16-7-5-13(10-15(16)18-3-1-2-8-27-18)29-20(31)14-6-4-12(9-17(14)23)19(30)28-11-21(24,25)26;20-17-9-6-14(11-16(17)18-3-1-2-10-21-18)23-19(27)13-4-7-15(8-5-13)26-12-22-24-25-26/h3-10,15-16H,2,11-14H2,1H3,(H,29,32);1-8,13-14,26H,9-12H2,(H,28,30);1-10H,11H2,(H,28,30)(H,29,31);1-12H,(H,23,27). The summed E-state index contributed by atoms with van der Waals surface area (Å²) in [6.07, 6.45) is 3.63. The Morgan fingerprint density at radius 3 is 1.07 bits per heavy atom. The van der Waals surface area contributed by atoms with Crippen LogP contribution >= 0.6 is 81.2 Å². The first-order valence-electron chi connectivity index (χ1n) is 37.5. The molecular weight excluding hydrogens is 1710 g/mol. The van der Waals surface area contributed by atoms with E-state index in [9.17, 15) is 46.7 Å². The molecular formula is C88H71Cl7F3N17O7. The second-order valence-corrected chi connectivity index (χ2v) is 29.8. The summed E-state index contributed by atoms with van der Waals surface area (Å²) in [6.45, 7) is 7.53. The number of hydrogen-bond donors (Lipinski definition) is 6. The fourth-order valence-electron chi connectivity index (χ4n) is 12.4. The number of nitrogens with one attached hydrogen (secondary N) is 6. The molecule has 5 aromatic heterocycles. The molecule has 6 N–H and O–H groups in total. The minimum absolute atomic E-state index is 0.0448. The smallest absolute Gasteiger partial charge is 0.343 e. The number of carbonyl (C=O) groups excluding carboxylic acids is 7. The third-order valence-electron chi connectivity index (χ3n) is 18.8. The summed E-state index contributed by atoms with van der Waals surface area (Å²) in [4.78, 5) is 111. The highest BCUT2D eigenvalue weighted by Gasteiger charge is 2.29. The normalized spacial score (nSPS) is 12.5. The van der Waals surface area contributed by atoms with Crippen LogP contribution in [-0.2, 0) is 0 Å². The molecule has 122 heavy (non-hydrogen) atoms. The summed E-state index contributed by atoms with van der Waals surface area (Å²) in [6, 6.07) is 62.6. The molecule has 13 aromatic rings. The van der Waals surface area contributed by atoms with E-state index in [0.717, 1.165) is 55.7 Å². The van der Waals surface area contributed by atoms with E-state index in [4.69, 9.17) is 81.2 Å². The Morgan fingerprint density at radius 2 is 0.738 bits per heavy atom. The number of hydrogen-bond acceptors (Lipinski definition) is 16. The molecule has 24 nitrogen and oxygen atoms in total. The van der Waals surface area contributed by atoms with Gasteiger partial charge in [-0.1, -0.05) is 112 Å². The molecule has 2 aliphatic rings. The van der Waals surface area contributed by atoms with Gasteiger partial charge in [0.1, 0.15) is 12.9 Å². The fraction of sp³-hybridized carbons (Fsp3) is 0.136. The van der Waals surface area contributed by atoms with Crippen molar-refractivity contribution in [1.29, 1.82) is 0 Å². The molecule has 0 bridgehead atoms. The molecule has 620 valence electrons. The van der Waals surface area contributed by atoms with Crippen molar-refractivity contribution < 1.29 is 46.7 Å². The van der Waals surface area contributed by atoms with E-state index in [1.54, 1.807) is 187 Å². The molecule has 2 aliphatic heterocycles. The van der Waals surface area contributed by atoms with Crippen LogP contribution in [0.2, 0.25) is 35.2 Å². The zero-order valence-electron chi connectivity index (χ0n) is 64.4. The predicted octanol–water partition coefficient (Wildman–Crippen LogP) is 18.7. The molecule has 0 atom stereocenters. The molecule has 0 saturated carbocycles. The lowest BCUT2D eigenvalue weighted by Gasteiger charge is -2.34. The van der Waals surface area contributed by atoms with Crippen molar-refractivity contribution in [3.8, 4) is 50.7 Å². The first kappa shape index (κ1) is 88.7. The highest BCUT2D eigenvalue weighted by atomic mass is 35.5. The number of piperazine rings is 2. The highest BCUT2D eigenvalue weighted by molar-refractivity contribution is 6.37. The van der Waals surface area contributed by atoms with Crippen LogP contribution in [0.5, 0.6) is 0 Å². The Balaban J connectivity index is 0.000000149. The van der Waals surface area contributed by atoms with Crippen molar-refractivity contribution in [3.63, 3.8) is 0 Å². The van der Waals surface area contributed by atoms with Gasteiger partial charge >= 0.3 is 6.18 Å². The Labute approximate surface area is 732 Å². The number of aromatic nitrogens is 8. The maximum Gasteiger partial charge on any atom is 0.405 e. The first-order chi connectivity index (χ1) is 58.8. The quantitative estimate of drug-likeness (QED) is 0.0465. The van der Waals surface area contributed by atoms with Crippen LogP contribution in [0, 0.1) is 0 Å². The number of anilines is 4. The van der Waals surface area contributed by atoms with E-state index in [0.29, 0.717) is 125 Å². The van der Waals surface area contributed by atoms with E-state index in [-0.39, 0.29) is 61.3 Å². The first-order valence-corrected chi connectivity index (χ1v) is 40.2. The molecule has 0 spiro atoms. The lowest BCUT2D eigenvalue weighted by Crippen LogP contribution is -2.48. The number of likely N-dealkylation sites (N-methyl/N-ethyl adjacent to an activating group) is 1. The second-order valence-electron chi connectivity index (χ2n) is 26.9. The van der Waals surface area contributed by atoms with Gasteiger partial charge in [-0.15, -0.1) is 5.10 Å². The highest BCUT2D eigenvalue weighted by Crippen LogP contribution is 2.35. The molecule has 2 saturated heterocycles. The van der Waals surface area contributed by atoms with Gasteiger partial charge in [0.15, 0.2) is 0 Å². The Morgan fingerprint density at radius 1 is 0.385 bits per heavy atom. The van der Waals surface area contributed by atoms with E-state index in [1.165, 1.54) is 23.1 Å². The van der Waals surface area contributed by atoms with Crippen molar-refractivity contribution in [1.82, 2.24) is 65.5 Å². The number of rotatable bonds is 18. The summed E-state index contributed by atoms with van der Waals surface area (Å²) >= 11 is 44.0. The van der Waals surface area contributed by atoms with Gasteiger partial charge in [0.2, 0.25) is 0 Å². The van der Waals surface area contributed by atoms with Gasteiger partial charge in [-0.05, 0) is 217 Å². The largest absolute Gasteiger partial charge is 0.405 e. The zero-order chi connectivity index (χ0) is 86.4. The summed E-state index contributed by atoms with van der Waals surface area (Å²) in [7, 11) is 0. The number of amides is 7. The minimum atomic E-state index is -4.54. The minimum Gasteiger partial charge on any atom is -0.343 e. The van der Waals surface area contributed by atoms with Gasteiger partial charge in [-0.3, -0.25) is 53.5 Å². The average Bonchev–Trinajstić information content (AvgIpc) is 0.912. The van der Waals surface area contributed by atoms with Crippen molar-refractivity contribution in [2.45, 2.75) is 13.1 Å². The lowest BCUT2D eigenvalue weighted by molar-refractivity contribution is -0.123. The fourth-order valence-corrected chi connectivity index (χ4v) is 14.1. The van der Waals surface area contributed by atoms with Crippen molar-refractivity contribution in [2.75, 3.05) is 86.7 Å². The third-order valence-corrected chi connectivity index (χ3v) is 21.0. The summed E-state index contributed by atoms with van der Waals surface area (Å²) in [5.41, 5.74) is 10.5. The molecule has 7 amide bonds. The molecule has 0 unspecified atom stereocenters. The topological polar surface area (TPSA) is 297 Å². The van der Waals surface area contributed by atoms with Gasteiger partial charge in [0, 0.05) is 144 Å². The maximum absolute atomic E-state index is 12.9. The molecule has 34 heteroatoms. The number of pyridine rings is 4. The van der Waals surface area contributed by atoms with Crippen molar-refractivity contribution in [2.24, 2.45) is 0 Å². The predicted molar refractivity (Wildman–Crippen MR) is 469 cm³/mol. The van der Waals surface area contributed by atoms with E-state index >= 15 is 0 Å². The van der Waals surface area contributed by atoms with E-state index in [1.807, 2.05) is 59.5 Å². The van der Waals surface area contributed by atoms with Gasteiger partial charge in [0.25, 0.3) is 41.4 Å². The van der Waals surface area contributed by atoms with Crippen LogP contribution in [0.4, 0.5) is 35.9 Å². The molecule has 0 radical (unpaired) electrons. The maximum atomic E-state index is 12.9. The van der Waals surface area contributed by atoms with Gasteiger partial charge < -0.3 is 46.6 Å². The number of alkyl halides is 3. The van der Waals surface area contributed by atoms with Gasteiger partial charge in [-0.25, -0.2) is 4.68 Å². The van der Waals surface area contributed by atoms with Gasteiger partial charge in [0.05, 0.1) is 80.3 Å². The molecule has 0 aliphatic carbocycles. The summed E-state index contributed by atoms with van der Waals surface area (Å²) in [5, 5.41) is 29.6. The number of tetrazole rings is 1. The Kier molecular flexibility index (Phi) is 30.6. The lowest BCUT2D eigenvalue weighted by atomic mass is 10.1. The van der Waals surface area contributed by atoms with Crippen LogP contribution in [0.15, 0.2) is 256 Å². The molecule has 8 aromatic carbocycles. The zero-order valence-corrected chi connectivity index (χ0v) is 69.7. The van der Waals surface area contributed by atoms with Crippen molar-refractivity contribution >= 4 is 145 Å². The second kappa shape index (κ2) is 42.1. The van der Waals surface area contributed by atoms with Crippen LogP contribution < -0.4 is 31.9 Å². The number of carbonyl (C=O) groups is 7. The molecule has 7 heterocycles. The van der Waals surface area contributed by atoms with Crippen molar-refractivity contribution in [3.05, 3.63) is 330 Å². The van der Waals surface area contributed by atoms with E-state index in [2.05, 4.69) is 73.9 Å². The SMILES string of the molecule is CCN1CCN(C(=O)c2ccc(C(=O)Nc3ccc(Cl)c(-c4ccccn4)c3)c(Cl)c2)CC1.O=C(NCC(F)(F)F)c1ccc(C(=O)Nc2ccc(Cl)c(-c3ccccn3)c2)c(Cl)c1.O=C(Nc1ccc(Cl)c(-c2ccccn2)c1)c1ccc(-n2cnnn2)cc1.O=C(Nc1ccc(Cl)c(-c2ccccn2)c1)c1ccc(C(=O)N2CCNCC2)cc1Cl. The third kappa shape index (κ3) is 24.0. The van der Waals surface area contributed by atoms with Crippen LogP contribution in [0.25, 0.3) is 50.7 Å². The Hall–Kier alpha value is -12.5. The molecule has 15 rings (SSSR count). The van der Waals surface area contributed by atoms with Crippen LogP contribution in [0.1, 0.15) is 79.4 Å². The number of nitrogens with zero attached hydrogens (tertiary/aromatic N) is 11. The molecule has 2 fully saturated rings. The van der Waals surface area contributed by atoms with E-state index < -0.39 is 24.5 Å². The Bertz CT molecular complexity index is 5910. The summed E-state index contributed by atoms with van der Waals surface area (Å²) < 4.78 is 38.2. The average molecular weight is 1780 g/mol. The number of benzene rings is 8.